The monoisotopic (exact) mass is 700 g/mol. The van der Waals surface area contributed by atoms with Crippen molar-refractivity contribution in [2.45, 2.75) is 68.0 Å². The lowest BCUT2D eigenvalue weighted by Crippen LogP contribution is -2.59. The Hall–Kier alpha value is -3.55. The van der Waals surface area contributed by atoms with Gasteiger partial charge in [-0.15, -0.1) is 0 Å². The second-order valence-corrected chi connectivity index (χ2v) is 14.5. The number of hydrogen-bond donors (Lipinski definition) is 3. The van der Waals surface area contributed by atoms with Crippen LogP contribution in [0.2, 0.25) is 5.02 Å². The van der Waals surface area contributed by atoms with E-state index in [-0.39, 0.29) is 40.9 Å². The van der Waals surface area contributed by atoms with E-state index in [2.05, 4.69) is 10.6 Å². The number of hydrogen-bond acceptors (Lipinski definition) is 7. The zero-order chi connectivity index (χ0) is 34.3. The summed E-state index contributed by atoms with van der Waals surface area (Å²) in [6.07, 6.45) is -0.177. The van der Waals surface area contributed by atoms with Crippen LogP contribution in [0.3, 0.4) is 0 Å². The number of amides is 2. The minimum Gasteiger partial charge on any atom is -0.436 e. The van der Waals surface area contributed by atoms with Crippen LogP contribution in [0.25, 0.3) is 0 Å². The van der Waals surface area contributed by atoms with Gasteiger partial charge in [0.2, 0.25) is 10.0 Å². The van der Waals surface area contributed by atoms with Gasteiger partial charge >= 0.3 is 6.09 Å². The number of nitrogens with zero attached hydrogens (tertiary/aromatic N) is 1. The maximum absolute atomic E-state index is 15.5. The molecule has 258 valence electrons. The number of rotatable bonds is 12. The fourth-order valence-corrected chi connectivity index (χ4v) is 8.93. The first-order chi connectivity index (χ1) is 23.1. The number of ether oxygens (including phenoxy) is 2. The van der Waals surface area contributed by atoms with Crippen LogP contribution in [0.15, 0.2) is 77.7 Å². The number of nitrogens with one attached hydrogen (secondary N) is 2. The van der Waals surface area contributed by atoms with E-state index in [4.69, 9.17) is 26.8 Å². The number of nitrogens with two attached hydrogens (primary N) is 1. The summed E-state index contributed by atoms with van der Waals surface area (Å²) >= 11 is 6.15. The maximum Gasteiger partial charge on any atom is 0.405 e. The van der Waals surface area contributed by atoms with Crippen molar-refractivity contribution >= 4 is 39.3 Å². The molecule has 2 fully saturated rings. The van der Waals surface area contributed by atoms with Gasteiger partial charge in [0.1, 0.15) is 5.82 Å². The van der Waals surface area contributed by atoms with Crippen LogP contribution in [-0.4, -0.2) is 69.2 Å². The molecule has 4 N–H and O–H groups in total. The van der Waals surface area contributed by atoms with Crippen LogP contribution in [0, 0.1) is 11.7 Å². The number of halogens is 2. The molecule has 5 rings (SSSR count). The lowest BCUT2D eigenvalue weighted by molar-refractivity contribution is -0.126. The highest BCUT2D eigenvalue weighted by molar-refractivity contribution is 7.89. The number of sulfonamides is 1. The summed E-state index contributed by atoms with van der Waals surface area (Å²) in [4.78, 5) is 26.4. The highest BCUT2D eigenvalue weighted by Crippen LogP contribution is 2.38. The summed E-state index contributed by atoms with van der Waals surface area (Å²) in [5.41, 5.74) is 6.64. The molecular formula is C35H42ClFN4O6S. The average Bonchev–Trinajstić information content (AvgIpc) is 3.09. The molecule has 2 aliphatic heterocycles. The Labute approximate surface area is 286 Å². The molecule has 0 aliphatic carbocycles. The van der Waals surface area contributed by atoms with Crippen LogP contribution in [-0.2, 0) is 30.7 Å². The van der Waals surface area contributed by atoms with Gasteiger partial charge in [0.05, 0.1) is 4.90 Å². The number of carbonyl (C=O) groups excluding carboxylic acids is 2. The standard InChI is InChI=1S/C35H42ClFN4O6S/c1-2-26-21-39-22-27(41(26)48(44,45)28-7-4-3-5-8-28)15-16-29-30(37)9-6-10-31(29)40-34(42)33(47-35(38)43)32(24-17-19-46-20-18-24)23-11-13-25(36)14-12-23/h3-14,24,26-27,32-33,39H,2,15-22H2,1H3,(H2,38,43)(H,40,42)/t26-,27-,32-,33-/m0/s1. The topological polar surface area (TPSA) is 140 Å². The zero-order valence-electron chi connectivity index (χ0n) is 26.8. The summed E-state index contributed by atoms with van der Waals surface area (Å²) in [7, 11) is -3.84. The Kier molecular flexibility index (Phi) is 12.1. The molecule has 3 aromatic rings. The largest absolute Gasteiger partial charge is 0.436 e. The molecule has 2 saturated heterocycles. The fraction of sp³-hybridized carbons (Fsp3) is 0.429. The lowest BCUT2D eigenvalue weighted by Gasteiger charge is -2.41. The molecule has 0 radical (unpaired) electrons. The quantitative estimate of drug-likeness (QED) is 0.228. The molecule has 10 nitrogen and oxygen atoms in total. The Balaban J connectivity index is 1.42. The first-order valence-corrected chi connectivity index (χ1v) is 18.1. The van der Waals surface area contributed by atoms with Gasteiger partial charge in [-0.2, -0.15) is 4.31 Å². The second-order valence-electron chi connectivity index (χ2n) is 12.2. The van der Waals surface area contributed by atoms with E-state index in [1.807, 2.05) is 6.92 Å². The predicted molar refractivity (Wildman–Crippen MR) is 182 cm³/mol. The highest BCUT2D eigenvalue weighted by atomic mass is 35.5. The summed E-state index contributed by atoms with van der Waals surface area (Å²) < 4.78 is 55.8. The number of primary amides is 1. The summed E-state index contributed by atoms with van der Waals surface area (Å²) in [6.45, 7) is 3.80. The van der Waals surface area contributed by atoms with Crippen molar-refractivity contribution in [2.24, 2.45) is 11.7 Å². The lowest BCUT2D eigenvalue weighted by atomic mass is 9.77. The van der Waals surface area contributed by atoms with Crippen LogP contribution in [0.1, 0.15) is 49.7 Å². The smallest absolute Gasteiger partial charge is 0.405 e. The number of anilines is 1. The van der Waals surface area contributed by atoms with Crippen molar-refractivity contribution in [3.05, 3.63) is 94.8 Å². The molecule has 0 saturated carbocycles. The van der Waals surface area contributed by atoms with Crippen LogP contribution >= 0.6 is 11.6 Å². The number of carbonyl (C=O) groups is 2. The van der Waals surface area contributed by atoms with E-state index in [1.54, 1.807) is 65.0 Å². The molecule has 2 amide bonds. The van der Waals surface area contributed by atoms with Gasteiger partial charge in [0.15, 0.2) is 6.10 Å². The Bertz CT molecular complexity index is 1660. The summed E-state index contributed by atoms with van der Waals surface area (Å²) in [5, 5.41) is 6.66. The van der Waals surface area contributed by atoms with E-state index in [9.17, 15) is 18.0 Å². The normalized spacial score (nSPS) is 20.5. The minimum absolute atomic E-state index is 0.0788. The van der Waals surface area contributed by atoms with E-state index >= 15 is 4.39 Å². The molecule has 2 heterocycles. The number of piperazine rings is 1. The first-order valence-electron chi connectivity index (χ1n) is 16.3. The molecular weight excluding hydrogens is 659 g/mol. The average molecular weight is 701 g/mol. The van der Waals surface area contributed by atoms with E-state index in [0.29, 0.717) is 50.6 Å². The van der Waals surface area contributed by atoms with Crippen LogP contribution in [0.5, 0.6) is 0 Å². The van der Waals surface area contributed by atoms with Gasteiger partial charge in [0.25, 0.3) is 5.91 Å². The van der Waals surface area contributed by atoms with Gasteiger partial charge in [-0.05, 0) is 80.0 Å². The molecule has 4 atom stereocenters. The maximum atomic E-state index is 15.5. The molecule has 0 bridgehead atoms. The molecule has 0 unspecified atom stereocenters. The third kappa shape index (κ3) is 8.35. The first kappa shape index (κ1) is 35.7. The van der Waals surface area contributed by atoms with Gasteiger partial charge in [0, 0.05) is 60.6 Å². The minimum atomic E-state index is -3.84. The van der Waals surface area contributed by atoms with Crippen molar-refractivity contribution in [1.29, 1.82) is 0 Å². The molecule has 13 heteroatoms. The van der Waals surface area contributed by atoms with Gasteiger partial charge < -0.3 is 25.8 Å². The van der Waals surface area contributed by atoms with Crippen LogP contribution in [0.4, 0.5) is 14.9 Å². The molecule has 2 aliphatic rings. The Morgan fingerprint density at radius 1 is 1.04 bits per heavy atom. The van der Waals surface area contributed by atoms with Gasteiger partial charge in [-0.25, -0.2) is 17.6 Å². The fourth-order valence-electron chi connectivity index (χ4n) is 6.87. The summed E-state index contributed by atoms with van der Waals surface area (Å²) in [5.74, 6) is -1.87. The Morgan fingerprint density at radius 2 is 1.73 bits per heavy atom. The molecule has 0 aromatic heterocycles. The summed E-state index contributed by atoms with van der Waals surface area (Å²) in [6, 6.07) is 18.9. The molecule has 0 spiro atoms. The van der Waals surface area contributed by atoms with E-state index in [1.165, 1.54) is 12.1 Å². The van der Waals surface area contributed by atoms with Crippen molar-refractivity contribution in [3.63, 3.8) is 0 Å². The van der Waals surface area contributed by atoms with Crippen molar-refractivity contribution in [1.82, 2.24) is 9.62 Å². The van der Waals surface area contributed by atoms with Gasteiger partial charge in [-0.1, -0.05) is 54.9 Å². The SMILES string of the molecule is CC[C@H]1CNC[C@H](CCc2c(F)cccc2NC(=O)[C@@H](OC(N)=O)[C@@H](c2ccc(Cl)cc2)C2CCOCC2)N1S(=O)(=O)c1ccccc1. The predicted octanol–water partition coefficient (Wildman–Crippen LogP) is 5.47. The van der Waals surface area contributed by atoms with Crippen molar-refractivity contribution in [3.8, 4) is 0 Å². The highest BCUT2D eigenvalue weighted by Gasteiger charge is 2.41. The van der Waals surface area contributed by atoms with E-state index in [0.717, 1.165) is 5.56 Å². The van der Waals surface area contributed by atoms with E-state index < -0.39 is 45.9 Å². The second kappa shape index (κ2) is 16.2. The zero-order valence-corrected chi connectivity index (χ0v) is 28.4. The number of benzene rings is 3. The van der Waals surface area contributed by atoms with Crippen LogP contribution < -0.4 is 16.4 Å². The van der Waals surface area contributed by atoms with Crippen molar-refractivity contribution in [2.75, 3.05) is 31.6 Å². The molecule has 48 heavy (non-hydrogen) atoms. The Morgan fingerprint density at radius 3 is 2.40 bits per heavy atom. The van der Waals surface area contributed by atoms with Gasteiger partial charge in [-0.3, -0.25) is 4.79 Å². The molecule has 3 aromatic carbocycles. The third-order valence-corrected chi connectivity index (χ3v) is 11.5. The van der Waals surface area contributed by atoms with Crippen molar-refractivity contribution < 1.29 is 31.9 Å². The third-order valence-electron chi connectivity index (χ3n) is 9.23.